The van der Waals surface area contributed by atoms with Crippen LogP contribution in [0.4, 0.5) is 5.69 Å². The summed E-state index contributed by atoms with van der Waals surface area (Å²) in [6.07, 6.45) is 0.290. The van der Waals surface area contributed by atoms with Crippen LogP contribution in [0.25, 0.3) is 31.6 Å². The lowest BCUT2D eigenvalue weighted by Crippen LogP contribution is -2.50. The number of benzene rings is 5. The van der Waals surface area contributed by atoms with Crippen molar-refractivity contribution in [3.05, 3.63) is 126 Å². The van der Waals surface area contributed by atoms with E-state index in [1.54, 1.807) is 23.5 Å². The van der Waals surface area contributed by atoms with Crippen molar-refractivity contribution in [2.45, 2.75) is 30.8 Å². The maximum Gasteiger partial charge on any atom is 0.244 e. The van der Waals surface area contributed by atoms with Gasteiger partial charge in [0.1, 0.15) is 11.0 Å². The van der Waals surface area contributed by atoms with Gasteiger partial charge >= 0.3 is 0 Å². The molecule has 0 unspecified atom stereocenters. The number of sulfonamides is 1. The molecule has 1 aliphatic rings. The largest absolute Gasteiger partial charge is 0.325 e. The van der Waals surface area contributed by atoms with Gasteiger partial charge in [-0.2, -0.15) is 4.31 Å². The van der Waals surface area contributed by atoms with E-state index in [1.807, 2.05) is 84.9 Å². The Morgan fingerprint density at radius 3 is 2.40 bits per heavy atom. The Kier molecular flexibility index (Phi) is 6.61. The molecule has 0 fully saturated rings. The fourth-order valence-corrected chi connectivity index (χ4v) is 8.19. The summed E-state index contributed by atoms with van der Waals surface area (Å²) in [6.45, 7) is 2.19. The maximum absolute atomic E-state index is 14.0. The fraction of sp³-hybridized carbons (Fsp3) is 0.118. The average Bonchev–Trinajstić information content (AvgIpc) is 3.43. The molecule has 6 nitrogen and oxygen atoms in total. The first-order valence-corrected chi connectivity index (χ1v) is 16.0. The van der Waals surface area contributed by atoms with E-state index in [0.717, 1.165) is 42.7 Å². The Labute approximate surface area is 248 Å². The highest BCUT2D eigenvalue weighted by Gasteiger charge is 2.39. The van der Waals surface area contributed by atoms with Gasteiger partial charge < -0.3 is 5.32 Å². The number of carbonyl (C=O) groups excluding carboxylic acids is 1. The van der Waals surface area contributed by atoms with Crippen LogP contribution in [0.1, 0.15) is 16.7 Å². The van der Waals surface area contributed by atoms with E-state index in [4.69, 9.17) is 4.98 Å². The summed E-state index contributed by atoms with van der Waals surface area (Å²) in [7, 11) is -3.98. The van der Waals surface area contributed by atoms with Crippen molar-refractivity contribution in [2.75, 3.05) is 5.32 Å². The van der Waals surface area contributed by atoms with Crippen LogP contribution in [0.15, 0.2) is 114 Å². The summed E-state index contributed by atoms with van der Waals surface area (Å²) < 4.78 is 30.6. The third-order valence-electron chi connectivity index (χ3n) is 7.78. The molecule has 0 bridgehead atoms. The van der Waals surface area contributed by atoms with Crippen LogP contribution < -0.4 is 5.32 Å². The molecular formula is C34H27N3O3S2. The van der Waals surface area contributed by atoms with Crippen LogP contribution in [-0.4, -0.2) is 29.7 Å². The quantitative estimate of drug-likeness (QED) is 0.231. The van der Waals surface area contributed by atoms with Gasteiger partial charge in [0.05, 0.1) is 15.1 Å². The standard InChI is InChI=1S/C34H27N3O3S2/c1-22-10-17-30-32(18-22)41-34(36-30)24-11-14-28(15-12-24)35-33(38)31-20-26-8-4-5-9-27(26)21-37(31)42(39,40)29-16-13-23-6-2-3-7-25(23)19-29/h2-19,31H,20-21H2,1H3,(H,35,38)/t31-/m0/s1. The second-order valence-electron chi connectivity index (χ2n) is 10.6. The zero-order valence-electron chi connectivity index (χ0n) is 22.8. The SMILES string of the molecule is Cc1ccc2nc(-c3ccc(NC(=O)[C@@H]4Cc5ccccc5CN4S(=O)(=O)c4ccc5ccccc5c4)cc3)sc2c1. The van der Waals surface area contributed by atoms with Crippen LogP contribution in [0.3, 0.4) is 0 Å². The number of aromatic nitrogens is 1. The van der Waals surface area contributed by atoms with Gasteiger partial charge in [0.25, 0.3) is 0 Å². The summed E-state index contributed by atoms with van der Waals surface area (Å²) in [5, 5.41) is 5.67. The first-order valence-electron chi connectivity index (χ1n) is 13.7. The van der Waals surface area contributed by atoms with Gasteiger partial charge in [-0.15, -0.1) is 11.3 Å². The molecule has 7 rings (SSSR count). The zero-order valence-corrected chi connectivity index (χ0v) is 24.5. The maximum atomic E-state index is 14.0. The van der Waals surface area contributed by atoms with E-state index < -0.39 is 16.1 Å². The molecule has 0 radical (unpaired) electrons. The molecule has 208 valence electrons. The number of aryl methyl sites for hydroxylation is 1. The Morgan fingerprint density at radius 1 is 0.857 bits per heavy atom. The van der Waals surface area contributed by atoms with E-state index >= 15 is 0 Å². The highest BCUT2D eigenvalue weighted by atomic mass is 32.2. The first kappa shape index (κ1) is 26.5. The van der Waals surface area contributed by atoms with Crippen molar-refractivity contribution in [2.24, 2.45) is 0 Å². The van der Waals surface area contributed by atoms with Crippen LogP contribution in [-0.2, 0) is 27.8 Å². The van der Waals surface area contributed by atoms with Crippen molar-refractivity contribution in [3.8, 4) is 10.6 Å². The minimum atomic E-state index is -3.98. The topological polar surface area (TPSA) is 79.4 Å². The number of hydrogen-bond acceptors (Lipinski definition) is 5. The Balaban J connectivity index is 1.18. The molecule has 42 heavy (non-hydrogen) atoms. The molecule has 6 aromatic rings. The molecule has 0 saturated carbocycles. The second-order valence-corrected chi connectivity index (χ2v) is 13.5. The molecule has 0 aliphatic carbocycles. The number of hydrogen-bond donors (Lipinski definition) is 1. The minimum Gasteiger partial charge on any atom is -0.325 e. The molecule has 1 N–H and O–H groups in total. The van der Waals surface area contributed by atoms with Crippen molar-refractivity contribution >= 4 is 53.9 Å². The number of nitrogens with zero attached hydrogens (tertiary/aromatic N) is 2. The Morgan fingerprint density at radius 2 is 1.60 bits per heavy atom. The van der Waals surface area contributed by atoms with Gasteiger partial charge in [-0.25, -0.2) is 13.4 Å². The van der Waals surface area contributed by atoms with Gasteiger partial charge in [0.2, 0.25) is 15.9 Å². The van der Waals surface area contributed by atoms with Gasteiger partial charge in [-0.1, -0.05) is 60.7 Å². The smallest absolute Gasteiger partial charge is 0.244 e. The van der Waals surface area contributed by atoms with Crippen molar-refractivity contribution in [1.29, 1.82) is 0 Å². The van der Waals surface area contributed by atoms with Gasteiger partial charge in [0, 0.05) is 17.8 Å². The summed E-state index contributed by atoms with van der Waals surface area (Å²) >= 11 is 1.63. The molecule has 1 aliphatic heterocycles. The number of thiazole rings is 1. The summed E-state index contributed by atoms with van der Waals surface area (Å²) in [6, 6.07) is 33.3. The van der Waals surface area contributed by atoms with Crippen molar-refractivity contribution in [3.63, 3.8) is 0 Å². The number of nitrogens with one attached hydrogen (secondary N) is 1. The molecular weight excluding hydrogens is 563 g/mol. The van der Waals surface area contributed by atoms with Crippen molar-refractivity contribution in [1.82, 2.24) is 9.29 Å². The van der Waals surface area contributed by atoms with Crippen LogP contribution in [0.5, 0.6) is 0 Å². The summed E-state index contributed by atoms with van der Waals surface area (Å²) in [4.78, 5) is 18.7. The number of fused-ring (bicyclic) bond motifs is 3. The molecule has 2 heterocycles. The third kappa shape index (κ3) is 4.87. The molecule has 8 heteroatoms. The lowest BCUT2D eigenvalue weighted by molar-refractivity contribution is -0.120. The highest BCUT2D eigenvalue weighted by molar-refractivity contribution is 7.89. The predicted molar refractivity (Wildman–Crippen MR) is 169 cm³/mol. The lowest BCUT2D eigenvalue weighted by atomic mass is 9.95. The number of carbonyl (C=O) groups is 1. The normalized spacial score (nSPS) is 15.5. The number of rotatable bonds is 5. The van der Waals surface area contributed by atoms with Crippen LogP contribution in [0.2, 0.25) is 0 Å². The average molecular weight is 590 g/mol. The van der Waals surface area contributed by atoms with Crippen molar-refractivity contribution < 1.29 is 13.2 Å². The number of amides is 1. The second kappa shape index (κ2) is 10.5. The molecule has 1 amide bonds. The fourth-order valence-electron chi connectivity index (χ4n) is 5.52. The molecule has 1 aromatic heterocycles. The summed E-state index contributed by atoms with van der Waals surface area (Å²) in [5.74, 6) is -0.364. The van der Waals surface area contributed by atoms with Gasteiger partial charge in [-0.05, 0) is 89.3 Å². The number of anilines is 1. The third-order valence-corrected chi connectivity index (χ3v) is 10.7. The van der Waals surface area contributed by atoms with E-state index in [-0.39, 0.29) is 23.8 Å². The van der Waals surface area contributed by atoms with E-state index in [2.05, 4.69) is 24.4 Å². The van der Waals surface area contributed by atoms with Crippen LogP contribution in [0, 0.1) is 6.92 Å². The Hall–Kier alpha value is -4.37. The van der Waals surface area contributed by atoms with Gasteiger partial charge in [0.15, 0.2) is 0 Å². The molecule has 0 saturated heterocycles. The first-order chi connectivity index (χ1) is 20.3. The van der Waals surface area contributed by atoms with E-state index in [1.165, 1.54) is 9.87 Å². The molecule has 5 aromatic carbocycles. The monoisotopic (exact) mass is 589 g/mol. The lowest BCUT2D eigenvalue weighted by Gasteiger charge is -2.35. The molecule has 1 atom stereocenters. The summed E-state index contributed by atoms with van der Waals surface area (Å²) in [5.41, 5.74) is 5.59. The minimum absolute atomic E-state index is 0.124. The molecule has 0 spiro atoms. The van der Waals surface area contributed by atoms with E-state index in [0.29, 0.717) is 5.69 Å². The van der Waals surface area contributed by atoms with E-state index in [9.17, 15) is 13.2 Å². The highest BCUT2D eigenvalue weighted by Crippen LogP contribution is 2.33. The zero-order chi connectivity index (χ0) is 28.8. The van der Waals surface area contributed by atoms with Crippen LogP contribution >= 0.6 is 11.3 Å². The van der Waals surface area contributed by atoms with Gasteiger partial charge in [-0.3, -0.25) is 4.79 Å². The predicted octanol–water partition coefficient (Wildman–Crippen LogP) is 7.18. The Bertz CT molecular complexity index is 2090.